The van der Waals surface area contributed by atoms with Crippen molar-refractivity contribution < 1.29 is 19.5 Å². The van der Waals surface area contributed by atoms with Crippen molar-refractivity contribution in [2.75, 3.05) is 55.5 Å². The van der Waals surface area contributed by atoms with E-state index in [1.165, 1.54) is 68.3 Å². The van der Waals surface area contributed by atoms with Gasteiger partial charge in [-0.25, -0.2) is 0 Å². The summed E-state index contributed by atoms with van der Waals surface area (Å²) in [5.41, 5.74) is 0. The fourth-order valence-corrected chi connectivity index (χ4v) is 6.71. The molecule has 0 aromatic rings. The van der Waals surface area contributed by atoms with E-state index in [9.17, 15) is 0 Å². The summed E-state index contributed by atoms with van der Waals surface area (Å²) in [4.78, 5) is 0. The van der Waals surface area contributed by atoms with Crippen LogP contribution < -0.4 is 0 Å². The van der Waals surface area contributed by atoms with Crippen molar-refractivity contribution in [3.8, 4) is 0 Å². The molecule has 0 N–H and O–H groups in total. The average Bonchev–Trinajstić information content (AvgIpc) is 2.73. The Kier molecular flexibility index (Phi) is 44.5. The molecule has 0 fully saturated rings. The van der Waals surface area contributed by atoms with E-state index in [1.807, 2.05) is 0 Å². The van der Waals surface area contributed by atoms with Crippen molar-refractivity contribution in [1.29, 1.82) is 0 Å². The van der Waals surface area contributed by atoms with Gasteiger partial charge in [0.15, 0.2) is 0 Å². The molecule has 1 aliphatic rings. The molecule has 0 bridgehead atoms. The number of hydrogen-bond acceptors (Lipinski definition) is 0. The van der Waals surface area contributed by atoms with Gasteiger partial charge in [0.1, 0.15) is 0 Å². The third-order valence-electron chi connectivity index (χ3n) is 5.13. The Morgan fingerprint density at radius 3 is 0.733 bits per heavy atom. The summed E-state index contributed by atoms with van der Waals surface area (Å²) in [5.74, 6) is 0. The van der Waals surface area contributed by atoms with E-state index in [-0.39, 0.29) is 19.5 Å². The molecule has 0 aromatic carbocycles. The standard InChI is InChI=1S/C8H10.3C6H15P.Ru/c1-2-4-6-8-7-5-3-1;3*1-4-7(5-2)6-3;/h1-6H,7-8H2;3*4-6H2,1-3H3;. The minimum absolute atomic E-state index is 0. The second kappa shape index (κ2) is 34.7. The number of hydrogen-bond donors (Lipinski definition) is 0. The molecule has 0 radical (unpaired) electrons. The molecule has 0 aromatic heterocycles. The Labute approximate surface area is 209 Å². The zero-order chi connectivity index (χ0) is 22.8. The molecule has 1 aliphatic carbocycles. The normalized spacial score (nSPS) is 12.0. The molecule has 0 spiro atoms. The van der Waals surface area contributed by atoms with Gasteiger partial charge in [-0.2, -0.15) is 0 Å². The summed E-state index contributed by atoms with van der Waals surface area (Å²) in [6.45, 7) is 20.6. The van der Waals surface area contributed by atoms with E-state index in [2.05, 4.69) is 98.8 Å². The molecule has 0 amide bonds. The third-order valence-corrected chi connectivity index (χ3v) is 13.2. The predicted molar refractivity (Wildman–Crippen MR) is 152 cm³/mol. The molecule has 0 aliphatic heterocycles. The topological polar surface area (TPSA) is 0 Å². The second-order valence-electron chi connectivity index (χ2n) is 6.68. The molecule has 0 atom stereocenters. The first-order valence-electron chi connectivity index (χ1n) is 12.2. The van der Waals surface area contributed by atoms with Gasteiger partial charge in [-0.15, -0.1) is 23.8 Å². The van der Waals surface area contributed by atoms with Crippen LogP contribution in [0.1, 0.15) is 75.2 Å². The second-order valence-corrected chi connectivity index (χ2v) is 16.4. The van der Waals surface area contributed by atoms with E-state index < -0.39 is 0 Å². The van der Waals surface area contributed by atoms with Crippen LogP contribution in [0.3, 0.4) is 0 Å². The minimum Gasteiger partial charge on any atom is -0.108 e. The minimum atomic E-state index is 0. The van der Waals surface area contributed by atoms with Gasteiger partial charge in [0.05, 0.1) is 0 Å². The Hall–Kier alpha value is 1.13. The van der Waals surface area contributed by atoms with Gasteiger partial charge in [0, 0.05) is 19.5 Å². The van der Waals surface area contributed by atoms with Gasteiger partial charge in [0.2, 0.25) is 0 Å². The Balaban J connectivity index is -0.000000149. The summed E-state index contributed by atoms with van der Waals surface area (Å²) >= 11 is 0. The summed E-state index contributed by atoms with van der Waals surface area (Å²) in [7, 11) is 1.34. The molecule has 30 heavy (non-hydrogen) atoms. The van der Waals surface area contributed by atoms with Crippen LogP contribution in [0.2, 0.25) is 0 Å². The fraction of sp³-hybridized carbons (Fsp3) is 0.769. The Morgan fingerprint density at radius 1 is 0.400 bits per heavy atom. The van der Waals surface area contributed by atoms with E-state index in [0.29, 0.717) is 23.8 Å². The van der Waals surface area contributed by atoms with Crippen molar-refractivity contribution in [2.24, 2.45) is 0 Å². The zero-order valence-electron chi connectivity index (χ0n) is 21.9. The zero-order valence-corrected chi connectivity index (χ0v) is 26.4. The molecule has 0 unspecified atom stereocenters. The SMILES string of the molecule is C1=CC=CCCC=C1.CCP(CC)CC.CCP(CC)CC.CCP(CC)CC.[Ru]. The quantitative estimate of drug-likeness (QED) is 0.194. The molecule has 4 heteroatoms. The van der Waals surface area contributed by atoms with Crippen molar-refractivity contribution in [3.63, 3.8) is 0 Å². The van der Waals surface area contributed by atoms with Crippen LogP contribution in [-0.2, 0) is 19.5 Å². The monoisotopic (exact) mass is 562 g/mol. The maximum absolute atomic E-state index is 2.29. The van der Waals surface area contributed by atoms with Crippen LogP contribution in [0.15, 0.2) is 36.5 Å². The fourth-order valence-electron chi connectivity index (χ4n) is 2.68. The van der Waals surface area contributed by atoms with Gasteiger partial charge >= 0.3 is 0 Å². The van der Waals surface area contributed by atoms with E-state index >= 15 is 0 Å². The molecule has 0 saturated heterocycles. The van der Waals surface area contributed by atoms with Crippen molar-refractivity contribution in [2.45, 2.75) is 75.2 Å². The van der Waals surface area contributed by atoms with Gasteiger partial charge in [0.25, 0.3) is 0 Å². The van der Waals surface area contributed by atoms with E-state index in [1.54, 1.807) is 0 Å². The van der Waals surface area contributed by atoms with Gasteiger partial charge in [-0.05, 0) is 68.3 Å². The van der Waals surface area contributed by atoms with Crippen LogP contribution in [0.4, 0.5) is 0 Å². The number of allylic oxidation sites excluding steroid dienone is 6. The van der Waals surface area contributed by atoms with Crippen LogP contribution in [-0.4, -0.2) is 55.5 Å². The molecule has 0 saturated carbocycles. The van der Waals surface area contributed by atoms with Crippen LogP contribution in [0.25, 0.3) is 0 Å². The molecule has 0 nitrogen and oxygen atoms in total. The van der Waals surface area contributed by atoms with E-state index in [0.717, 1.165) is 0 Å². The van der Waals surface area contributed by atoms with Crippen LogP contribution in [0, 0.1) is 0 Å². The molecule has 1 rings (SSSR count). The molecular formula is C26H55P3Ru. The van der Waals surface area contributed by atoms with E-state index in [4.69, 9.17) is 0 Å². The van der Waals surface area contributed by atoms with Crippen molar-refractivity contribution in [3.05, 3.63) is 36.5 Å². The number of rotatable bonds is 9. The van der Waals surface area contributed by atoms with Crippen molar-refractivity contribution in [1.82, 2.24) is 0 Å². The largest absolute Gasteiger partial charge is 0.108 e. The molecular weight excluding hydrogens is 506 g/mol. The van der Waals surface area contributed by atoms with Gasteiger partial charge in [-0.3, -0.25) is 0 Å². The Bertz CT molecular complexity index is 294. The summed E-state index contributed by atoms with van der Waals surface area (Å²) < 4.78 is 0. The average molecular weight is 562 g/mol. The van der Waals surface area contributed by atoms with Crippen molar-refractivity contribution >= 4 is 23.8 Å². The first kappa shape index (κ1) is 38.4. The summed E-state index contributed by atoms with van der Waals surface area (Å²) in [5, 5.41) is 0. The maximum atomic E-state index is 2.29. The van der Waals surface area contributed by atoms with Gasteiger partial charge < -0.3 is 0 Å². The predicted octanol–water partition coefficient (Wildman–Crippen LogP) is 10.0. The van der Waals surface area contributed by atoms with Crippen LogP contribution in [0.5, 0.6) is 0 Å². The molecule has 182 valence electrons. The first-order chi connectivity index (χ1) is 14.0. The smallest absolute Gasteiger partial charge is 0 e. The summed E-state index contributed by atoms with van der Waals surface area (Å²) in [6.07, 6.45) is 27.8. The first-order valence-corrected chi connectivity index (χ1v) is 17.9. The summed E-state index contributed by atoms with van der Waals surface area (Å²) in [6, 6.07) is 0. The van der Waals surface area contributed by atoms with Crippen LogP contribution >= 0.6 is 23.8 Å². The molecule has 0 heterocycles. The third kappa shape index (κ3) is 31.3. The maximum Gasteiger partial charge on any atom is 0 e. The Morgan fingerprint density at radius 2 is 0.600 bits per heavy atom. The van der Waals surface area contributed by atoms with Gasteiger partial charge in [-0.1, -0.05) is 98.8 Å².